The van der Waals surface area contributed by atoms with E-state index >= 15 is 0 Å². The number of hydrogen-bond donors (Lipinski definition) is 1. The van der Waals surface area contributed by atoms with E-state index in [9.17, 15) is 0 Å². The minimum absolute atomic E-state index is 0.482. The van der Waals surface area contributed by atoms with Crippen molar-refractivity contribution >= 4 is 0 Å². The first-order valence-electron chi connectivity index (χ1n) is 8.47. The standard InChI is InChI=1S/C18H29N3/c1-4-20-11-12-21(13-14(20)2)17-10-9-15-7-5-6-8-16(15)18(17)19-3/h5-8,14,17-19H,4,9-13H2,1-3H3. The second kappa shape index (κ2) is 6.47. The Morgan fingerprint density at radius 2 is 2.05 bits per heavy atom. The van der Waals surface area contributed by atoms with Gasteiger partial charge in [0, 0.05) is 37.8 Å². The van der Waals surface area contributed by atoms with Gasteiger partial charge in [-0.15, -0.1) is 0 Å². The summed E-state index contributed by atoms with van der Waals surface area (Å²) in [5, 5.41) is 3.59. The first-order chi connectivity index (χ1) is 10.2. The van der Waals surface area contributed by atoms with Gasteiger partial charge in [-0.05, 0) is 44.5 Å². The molecule has 0 spiro atoms. The molecule has 1 fully saturated rings. The van der Waals surface area contributed by atoms with Gasteiger partial charge in [-0.1, -0.05) is 31.2 Å². The highest BCUT2D eigenvalue weighted by Gasteiger charge is 2.35. The van der Waals surface area contributed by atoms with Gasteiger partial charge < -0.3 is 5.32 Å². The van der Waals surface area contributed by atoms with Crippen LogP contribution in [0.4, 0.5) is 0 Å². The van der Waals surface area contributed by atoms with Crippen molar-refractivity contribution in [2.24, 2.45) is 0 Å². The van der Waals surface area contributed by atoms with Crippen molar-refractivity contribution in [2.45, 2.75) is 44.8 Å². The Bertz CT molecular complexity index is 473. The fourth-order valence-corrected chi connectivity index (χ4v) is 4.28. The lowest BCUT2D eigenvalue weighted by atomic mass is 9.83. The summed E-state index contributed by atoms with van der Waals surface area (Å²) < 4.78 is 0. The highest BCUT2D eigenvalue weighted by Crippen LogP contribution is 2.33. The molecule has 3 unspecified atom stereocenters. The summed E-state index contributed by atoms with van der Waals surface area (Å²) in [5.74, 6) is 0. The highest BCUT2D eigenvalue weighted by molar-refractivity contribution is 5.34. The van der Waals surface area contributed by atoms with Crippen LogP contribution in [-0.2, 0) is 6.42 Å². The van der Waals surface area contributed by atoms with Gasteiger partial charge in [-0.2, -0.15) is 0 Å². The van der Waals surface area contributed by atoms with Crippen LogP contribution in [0.5, 0.6) is 0 Å². The van der Waals surface area contributed by atoms with Gasteiger partial charge in [0.2, 0.25) is 0 Å². The van der Waals surface area contributed by atoms with E-state index in [1.807, 2.05) is 0 Å². The van der Waals surface area contributed by atoms with Crippen LogP contribution in [0, 0.1) is 0 Å². The van der Waals surface area contributed by atoms with E-state index in [0.717, 1.165) is 0 Å². The topological polar surface area (TPSA) is 18.5 Å². The molecular weight excluding hydrogens is 258 g/mol. The van der Waals surface area contributed by atoms with Crippen molar-refractivity contribution in [1.29, 1.82) is 0 Å². The van der Waals surface area contributed by atoms with Gasteiger partial charge in [0.05, 0.1) is 0 Å². The van der Waals surface area contributed by atoms with Crippen LogP contribution < -0.4 is 5.32 Å². The quantitative estimate of drug-likeness (QED) is 0.920. The number of hydrogen-bond acceptors (Lipinski definition) is 3. The number of likely N-dealkylation sites (N-methyl/N-ethyl adjacent to an activating group) is 2. The third kappa shape index (κ3) is 2.87. The van der Waals surface area contributed by atoms with Crippen LogP contribution in [0.15, 0.2) is 24.3 Å². The Morgan fingerprint density at radius 1 is 1.24 bits per heavy atom. The summed E-state index contributed by atoms with van der Waals surface area (Å²) in [6.07, 6.45) is 2.50. The molecule has 1 N–H and O–H groups in total. The molecule has 1 heterocycles. The molecule has 3 atom stereocenters. The Morgan fingerprint density at radius 3 is 2.76 bits per heavy atom. The molecular formula is C18H29N3. The van der Waals surface area contributed by atoms with Crippen molar-refractivity contribution < 1.29 is 0 Å². The molecule has 116 valence electrons. The summed E-state index contributed by atoms with van der Waals surface area (Å²) in [6.45, 7) is 9.46. The van der Waals surface area contributed by atoms with Gasteiger partial charge in [0.25, 0.3) is 0 Å². The summed E-state index contributed by atoms with van der Waals surface area (Å²) in [6, 6.07) is 10.8. The van der Waals surface area contributed by atoms with Crippen molar-refractivity contribution in [3.8, 4) is 0 Å². The van der Waals surface area contributed by atoms with E-state index in [0.29, 0.717) is 18.1 Å². The van der Waals surface area contributed by atoms with Crippen LogP contribution in [-0.4, -0.2) is 55.1 Å². The molecule has 1 saturated heterocycles. The molecule has 3 nitrogen and oxygen atoms in total. The molecule has 1 aromatic rings. The lowest BCUT2D eigenvalue weighted by molar-refractivity contribution is 0.0407. The number of benzene rings is 1. The third-order valence-corrected chi connectivity index (χ3v) is 5.47. The first kappa shape index (κ1) is 15.0. The van der Waals surface area contributed by atoms with Gasteiger partial charge >= 0.3 is 0 Å². The molecule has 21 heavy (non-hydrogen) atoms. The number of aryl methyl sites for hydroxylation is 1. The van der Waals surface area contributed by atoms with E-state index in [-0.39, 0.29) is 0 Å². The molecule has 0 aromatic heterocycles. The van der Waals surface area contributed by atoms with Gasteiger partial charge in [0.1, 0.15) is 0 Å². The van der Waals surface area contributed by atoms with E-state index < -0.39 is 0 Å². The molecule has 1 aliphatic carbocycles. The van der Waals surface area contributed by atoms with Crippen LogP contribution in [0.3, 0.4) is 0 Å². The molecule has 0 radical (unpaired) electrons. The fraction of sp³-hybridized carbons (Fsp3) is 0.667. The van der Waals surface area contributed by atoms with Gasteiger partial charge in [-0.3, -0.25) is 9.80 Å². The maximum atomic E-state index is 3.59. The Hall–Kier alpha value is -0.900. The average Bonchev–Trinajstić information content (AvgIpc) is 2.53. The van der Waals surface area contributed by atoms with Crippen LogP contribution in [0.2, 0.25) is 0 Å². The summed E-state index contributed by atoms with van der Waals surface area (Å²) in [7, 11) is 2.12. The van der Waals surface area contributed by atoms with Crippen molar-refractivity contribution in [3.63, 3.8) is 0 Å². The fourth-order valence-electron chi connectivity index (χ4n) is 4.28. The smallest absolute Gasteiger partial charge is 0.0478 e. The third-order valence-electron chi connectivity index (χ3n) is 5.47. The highest BCUT2D eigenvalue weighted by atomic mass is 15.3. The zero-order valence-corrected chi connectivity index (χ0v) is 13.7. The minimum Gasteiger partial charge on any atom is -0.312 e. The SMILES string of the molecule is CCN1CCN(C2CCc3ccccc3C2NC)CC1C. The summed E-state index contributed by atoms with van der Waals surface area (Å²) in [5.41, 5.74) is 3.05. The second-order valence-electron chi connectivity index (χ2n) is 6.54. The lowest BCUT2D eigenvalue weighted by Crippen LogP contribution is -2.57. The lowest BCUT2D eigenvalue weighted by Gasteiger charge is -2.47. The molecule has 1 aromatic carbocycles. The number of nitrogens with zero attached hydrogens (tertiary/aromatic N) is 2. The van der Waals surface area contributed by atoms with Crippen LogP contribution in [0.25, 0.3) is 0 Å². The minimum atomic E-state index is 0.482. The average molecular weight is 287 g/mol. The normalized spacial score (nSPS) is 31.1. The first-order valence-corrected chi connectivity index (χ1v) is 8.47. The van der Waals surface area contributed by atoms with Crippen LogP contribution >= 0.6 is 0 Å². The van der Waals surface area contributed by atoms with Crippen molar-refractivity contribution in [1.82, 2.24) is 15.1 Å². The van der Waals surface area contributed by atoms with E-state index in [1.165, 1.54) is 50.1 Å². The predicted molar refractivity (Wildman–Crippen MR) is 88.6 cm³/mol. The van der Waals surface area contributed by atoms with E-state index in [4.69, 9.17) is 0 Å². The number of fused-ring (bicyclic) bond motifs is 1. The number of piperazine rings is 1. The maximum absolute atomic E-state index is 3.59. The monoisotopic (exact) mass is 287 g/mol. The molecule has 3 heteroatoms. The predicted octanol–water partition coefficient (Wildman–Crippen LogP) is 2.29. The van der Waals surface area contributed by atoms with Crippen molar-refractivity contribution in [2.75, 3.05) is 33.2 Å². The second-order valence-corrected chi connectivity index (χ2v) is 6.54. The Kier molecular flexibility index (Phi) is 4.63. The van der Waals surface area contributed by atoms with E-state index in [1.54, 1.807) is 0 Å². The summed E-state index contributed by atoms with van der Waals surface area (Å²) >= 11 is 0. The Balaban J connectivity index is 1.77. The van der Waals surface area contributed by atoms with Gasteiger partial charge in [-0.25, -0.2) is 0 Å². The zero-order chi connectivity index (χ0) is 14.8. The molecule has 0 saturated carbocycles. The largest absolute Gasteiger partial charge is 0.312 e. The molecule has 2 aliphatic rings. The van der Waals surface area contributed by atoms with Crippen molar-refractivity contribution in [3.05, 3.63) is 35.4 Å². The molecule has 1 aliphatic heterocycles. The van der Waals surface area contributed by atoms with E-state index in [2.05, 4.69) is 60.3 Å². The Labute approximate surface area is 129 Å². The number of rotatable bonds is 3. The molecule has 3 rings (SSSR count). The van der Waals surface area contributed by atoms with Gasteiger partial charge in [0.15, 0.2) is 0 Å². The number of nitrogens with one attached hydrogen (secondary N) is 1. The van der Waals surface area contributed by atoms with Crippen LogP contribution in [0.1, 0.15) is 37.4 Å². The summed E-state index contributed by atoms with van der Waals surface area (Å²) in [4.78, 5) is 5.33. The molecule has 0 amide bonds. The zero-order valence-electron chi connectivity index (χ0n) is 13.7. The maximum Gasteiger partial charge on any atom is 0.0478 e. The molecule has 0 bridgehead atoms.